The fourth-order valence-corrected chi connectivity index (χ4v) is 1.37. The van der Waals surface area contributed by atoms with Crippen LogP contribution in [-0.4, -0.2) is 16.1 Å². The van der Waals surface area contributed by atoms with Crippen LogP contribution < -0.4 is 10.6 Å². The summed E-state index contributed by atoms with van der Waals surface area (Å²) >= 11 is 3.30. The van der Waals surface area contributed by atoms with Crippen molar-refractivity contribution in [1.82, 2.24) is 0 Å². The third-order valence-electron chi connectivity index (χ3n) is 2.60. The molecule has 0 radical (unpaired) electrons. The summed E-state index contributed by atoms with van der Waals surface area (Å²) in [5, 5.41) is 5.63. The van der Waals surface area contributed by atoms with Gasteiger partial charge in [0.1, 0.15) is 0 Å². The van der Waals surface area contributed by atoms with E-state index in [0.717, 1.165) is 0 Å². The molecule has 1 aromatic carbocycles. The van der Waals surface area contributed by atoms with Gasteiger partial charge in [0.25, 0.3) is 0 Å². The number of benzene rings is 1. The molecule has 0 unspecified atom stereocenters. The molecular formula is C15H21BrN2O2. The molecule has 20 heavy (non-hydrogen) atoms. The monoisotopic (exact) mass is 340 g/mol. The third-order valence-corrected chi connectivity index (χ3v) is 2.96. The minimum Gasteiger partial charge on any atom is -0.326 e. The molecule has 0 heterocycles. The van der Waals surface area contributed by atoms with Crippen molar-refractivity contribution in [3.63, 3.8) is 0 Å². The lowest BCUT2D eigenvalue weighted by molar-refractivity contribution is -0.123. The zero-order valence-corrected chi connectivity index (χ0v) is 14.1. The maximum Gasteiger partial charge on any atom is 0.240 e. The molecule has 1 aromatic rings. The van der Waals surface area contributed by atoms with Crippen molar-refractivity contribution in [2.45, 2.75) is 38.9 Å². The zero-order chi connectivity index (χ0) is 15.6. The minimum atomic E-state index is -0.641. The first kappa shape index (κ1) is 16.7. The quantitative estimate of drug-likeness (QED) is 0.822. The van der Waals surface area contributed by atoms with Crippen LogP contribution in [0, 0.1) is 5.41 Å². The highest BCUT2D eigenvalue weighted by atomic mass is 79.9. The molecule has 0 bridgehead atoms. The predicted molar refractivity (Wildman–Crippen MR) is 86.2 cm³/mol. The molecular weight excluding hydrogens is 320 g/mol. The number of hydrogen-bond acceptors (Lipinski definition) is 2. The molecule has 0 spiro atoms. The van der Waals surface area contributed by atoms with E-state index in [4.69, 9.17) is 0 Å². The summed E-state index contributed by atoms with van der Waals surface area (Å²) in [7, 11) is 0. The Labute approximate surface area is 128 Å². The zero-order valence-electron chi connectivity index (χ0n) is 12.5. The molecule has 110 valence electrons. The maximum atomic E-state index is 11.9. The average Bonchev–Trinajstić information content (AvgIpc) is 2.26. The van der Waals surface area contributed by atoms with Gasteiger partial charge in [-0.05, 0) is 32.0 Å². The summed E-state index contributed by atoms with van der Waals surface area (Å²) in [5.74, 6) is -0.210. The van der Waals surface area contributed by atoms with Crippen LogP contribution in [-0.2, 0) is 9.59 Å². The molecule has 0 aromatic heterocycles. The molecule has 0 aliphatic heterocycles. The van der Waals surface area contributed by atoms with Crippen molar-refractivity contribution in [2.24, 2.45) is 5.41 Å². The van der Waals surface area contributed by atoms with Crippen molar-refractivity contribution < 1.29 is 9.59 Å². The van der Waals surface area contributed by atoms with Gasteiger partial charge in [0.15, 0.2) is 0 Å². The summed E-state index contributed by atoms with van der Waals surface area (Å²) < 4.78 is -0.641. The molecule has 0 aliphatic carbocycles. The van der Waals surface area contributed by atoms with E-state index in [-0.39, 0.29) is 11.8 Å². The average molecular weight is 341 g/mol. The Hall–Kier alpha value is -1.36. The first-order chi connectivity index (χ1) is 9.00. The minimum absolute atomic E-state index is 0.0678. The molecule has 0 saturated heterocycles. The van der Waals surface area contributed by atoms with Gasteiger partial charge in [-0.3, -0.25) is 9.59 Å². The van der Waals surface area contributed by atoms with E-state index >= 15 is 0 Å². The number of carbonyl (C=O) groups is 2. The van der Waals surface area contributed by atoms with Gasteiger partial charge in [-0.25, -0.2) is 0 Å². The summed E-state index contributed by atoms with van der Waals surface area (Å²) in [6.07, 6.45) is 0. The predicted octanol–water partition coefficient (Wildman–Crippen LogP) is 3.78. The lowest BCUT2D eigenvalue weighted by Gasteiger charge is -2.19. The van der Waals surface area contributed by atoms with E-state index in [1.54, 1.807) is 38.1 Å². The largest absolute Gasteiger partial charge is 0.326 e. The maximum absolute atomic E-state index is 11.9. The third kappa shape index (κ3) is 4.96. The van der Waals surface area contributed by atoms with Crippen molar-refractivity contribution in [2.75, 3.05) is 10.6 Å². The smallest absolute Gasteiger partial charge is 0.240 e. The molecule has 2 N–H and O–H groups in total. The summed E-state index contributed by atoms with van der Waals surface area (Å²) in [5.41, 5.74) is 0.848. The number of halogens is 1. The Bertz CT molecular complexity index is 470. The van der Waals surface area contributed by atoms with E-state index in [1.165, 1.54) is 0 Å². The van der Waals surface area contributed by atoms with Gasteiger partial charge in [0.2, 0.25) is 11.8 Å². The van der Waals surface area contributed by atoms with Crippen LogP contribution in [0.2, 0.25) is 0 Å². The fraction of sp³-hybridized carbons (Fsp3) is 0.467. The van der Waals surface area contributed by atoms with Crippen molar-refractivity contribution in [3.05, 3.63) is 24.3 Å². The molecule has 0 atom stereocenters. The molecule has 5 heteroatoms. The SMILES string of the molecule is CC(C)(C)C(=O)Nc1cccc(NC(=O)C(C)(C)Br)c1. The lowest BCUT2D eigenvalue weighted by atomic mass is 9.95. The second-order valence-electron chi connectivity index (χ2n) is 6.21. The molecule has 4 nitrogen and oxygen atoms in total. The highest BCUT2D eigenvalue weighted by Gasteiger charge is 2.24. The van der Waals surface area contributed by atoms with Crippen molar-refractivity contribution >= 4 is 39.1 Å². The molecule has 0 saturated carbocycles. The van der Waals surface area contributed by atoms with Crippen LogP contribution in [0.5, 0.6) is 0 Å². The molecule has 0 aliphatic rings. The fourth-order valence-electron chi connectivity index (χ4n) is 1.27. The summed E-state index contributed by atoms with van der Waals surface area (Å²) in [6, 6.07) is 7.09. The van der Waals surface area contributed by atoms with Crippen LogP contribution in [0.15, 0.2) is 24.3 Å². The molecule has 1 rings (SSSR count). The van der Waals surface area contributed by atoms with Gasteiger partial charge in [-0.1, -0.05) is 42.8 Å². The van der Waals surface area contributed by atoms with Gasteiger partial charge in [-0.2, -0.15) is 0 Å². The lowest BCUT2D eigenvalue weighted by Crippen LogP contribution is -2.31. The number of nitrogens with one attached hydrogen (secondary N) is 2. The second kappa shape index (κ2) is 5.95. The summed E-state index contributed by atoms with van der Waals surface area (Å²) in [4.78, 5) is 23.8. The Morgan fingerprint density at radius 2 is 1.40 bits per heavy atom. The van der Waals surface area contributed by atoms with Crippen LogP contribution in [0.25, 0.3) is 0 Å². The summed E-state index contributed by atoms with van der Waals surface area (Å²) in [6.45, 7) is 9.09. The molecule has 0 fully saturated rings. The number of rotatable bonds is 3. The number of alkyl halides is 1. The Morgan fingerprint density at radius 3 is 1.80 bits per heavy atom. The standard InChI is InChI=1S/C15H21BrN2O2/c1-14(2,3)12(19)17-10-7-6-8-11(9-10)18-13(20)15(4,5)16/h6-9H,1-5H3,(H,17,19)(H,18,20). The first-order valence-corrected chi connectivity index (χ1v) is 7.21. The van der Waals surface area contributed by atoms with Crippen LogP contribution >= 0.6 is 15.9 Å². The van der Waals surface area contributed by atoms with Gasteiger partial charge in [0.05, 0.1) is 4.32 Å². The number of carbonyl (C=O) groups excluding carboxylic acids is 2. The Morgan fingerprint density at radius 1 is 0.950 bits per heavy atom. The topological polar surface area (TPSA) is 58.2 Å². The van der Waals surface area contributed by atoms with Crippen LogP contribution in [0.1, 0.15) is 34.6 Å². The number of amides is 2. The Kier molecular flexibility index (Phi) is 4.97. The highest BCUT2D eigenvalue weighted by Crippen LogP contribution is 2.22. The van der Waals surface area contributed by atoms with Gasteiger partial charge in [0, 0.05) is 16.8 Å². The van der Waals surface area contributed by atoms with E-state index < -0.39 is 9.74 Å². The van der Waals surface area contributed by atoms with Crippen LogP contribution in [0.3, 0.4) is 0 Å². The second-order valence-corrected chi connectivity index (χ2v) is 8.19. The molecule has 2 amide bonds. The van der Waals surface area contributed by atoms with E-state index in [0.29, 0.717) is 11.4 Å². The van der Waals surface area contributed by atoms with Crippen molar-refractivity contribution in [3.8, 4) is 0 Å². The number of anilines is 2. The van der Waals surface area contributed by atoms with Crippen molar-refractivity contribution in [1.29, 1.82) is 0 Å². The van der Waals surface area contributed by atoms with Gasteiger partial charge in [-0.15, -0.1) is 0 Å². The van der Waals surface area contributed by atoms with Crippen LogP contribution in [0.4, 0.5) is 11.4 Å². The number of hydrogen-bond donors (Lipinski definition) is 2. The Balaban J connectivity index is 2.82. The van der Waals surface area contributed by atoms with Gasteiger partial charge < -0.3 is 10.6 Å². The normalized spacial score (nSPS) is 11.9. The van der Waals surface area contributed by atoms with E-state index in [2.05, 4.69) is 26.6 Å². The van der Waals surface area contributed by atoms with E-state index in [1.807, 2.05) is 20.8 Å². The van der Waals surface area contributed by atoms with Gasteiger partial charge >= 0.3 is 0 Å². The van der Waals surface area contributed by atoms with E-state index in [9.17, 15) is 9.59 Å². The highest BCUT2D eigenvalue weighted by molar-refractivity contribution is 9.10. The first-order valence-electron chi connectivity index (χ1n) is 6.42.